The van der Waals surface area contributed by atoms with Crippen LogP contribution in [0, 0.1) is 17.1 Å². The molecule has 0 amide bonds. The lowest BCUT2D eigenvalue weighted by Gasteiger charge is -2.16. The minimum absolute atomic E-state index is 0.108. The molecule has 1 heterocycles. The molecule has 0 aliphatic carbocycles. The minimum Gasteiger partial charge on any atom is -0.292 e. The van der Waals surface area contributed by atoms with Crippen LogP contribution in [0.15, 0.2) is 27.8 Å². The lowest BCUT2D eigenvalue weighted by Crippen LogP contribution is -2.41. The monoisotopic (exact) mass is 434 g/mol. The molecule has 0 saturated carbocycles. The van der Waals surface area contributed by atoms with Crippen molar-refractivity contribution in [3.8, 4) is 11.8 Å². The summed E-state index contributed by atoms with van der Waals surface area (Å²) in [4.78, 5) is 24.5. The first-order valence-electron chi connectivity index (χ1n) is 7.86. The average Bonchev–Trinajstić information content (AvgIpc) is 2.59. The van der Waals surface area contributed by atoms with Crippen LogP contribution < -0.4 is 16.0 Å². The number of benzene rings is 1. The maximum atomic E-state index is 14.5. The van der Waals surface area contributed by atoms with E-state index in [2.05, 4.69) is 0 Å². The van der Waals surface area contributed by atoms with Gasteiger partial charge in [-0.05, 0) is 26.0 Å². The molecular formula is C16H14F4N4O4S. The Kier molecular flexibility index (Phi) is 5.62. The molecule has 0 spiro atoms. The van der Waals surface area contributed by atoms with Crippen LogP contribution in [0.4, 0.5) is 23.2 Å². The van der Waals surface area contributed by atoms with Gasteiger partial charge in [0.1, 0.15) is 17.6 Å². The molecule has 0 atom stereocenters. The molecule has 0 bridgehead atoms. The lowest BCUT2D eigenvalue weighted by atomic mass is 10.1. The number of alkyl halides is 3. The van der Waals surface area contributed by atoms with E-state index in [0.29, 0.717) is 12.1 Å². The fourth-order valence-corrected chi connectivity index (χ4v) is 3.01. The molecule has 29 heavy (non-hydrogen) atoms. The highest BCUT2D eigenvalue weighted by atomic mass is 32.2. The molecule has 13 heteroatoms. The van der Waals surface area contributed by atoms with Crippen LogP contribution in [-0.4, -0.2) is 22.8 Å². The van der Waals surface area contributed by atoms with E-state index >= 15 is 0 Å². The van der Waals surface area contributed by atoms with Crippen molar-refractivity contribution in [2.45, 2.75) is 25.3 Å². The van der Waals surface area contributed by atoms with Crippen molar-refractivity contribution >= 4 is 15.7 Å². The fourth-order valence-electron chi connectivity index (χ4n) is 2.30. The van der Waals surface area contributed by atoms with Gasteiger partial charge in [-0.25, -0.2) is 22.2 Å². The average molecular weight is 434 g/mol. The van der Waals surface area contributed by atoms with E-state index < -0.39 is 61.1 Å². The van der Waals surface area contributed by atoms with Gasteiger partial charge in [-0.15, -0.1) is 0 Å². The third-order valence-electron chi connectivity index (χ3n) is 3.93. The second kappa shape index (κ2) is 7.36. The maximum Gasteiger partial charge on any atom is 0.431 e. The minimum atomic E-state index is -5.01. The molecule has 0 saturated heterocycles. The molecule has 1 aromatic carbocycles. The maximum absolute atomic E-state index is 14.5. The Bertz CT molecular complexity index is 1240. The quantitative estimate of drug-likeness (QED) is 0.736. The van der Waals surface area contributed by atoms with Gasteiger partial charge in [0.15, 0.2) is 0 Å². The van der Waals surface area contributed by atoms with Crippen LogP contribution >= 0.6 is 0 Å². The Morgan fingerprint density at radius 3 is 2.24 bits per heavy atom. The summed E-state index contributed by atoms with van der Waals surface area (Å²) in [5.41, 5.74) is -6.24. The molecule has 1 aromatic heterocycles. The van der Waals surface area contributed by atoms with Crippen molar-refractivity contribution in [1.82, 2.24) is 9.13 Å². The van der Waals surface area contributed by atoms with Gasteiger partial charge < -0.3 is 0 Å². The van der Waals surface area contributed by atoms with Crippen LogP contribution in [0.25, 0.3) is 5.69 Å². The van der Waals surface area contributed by atoms with Crippen LogP contribution in [0.1, 0.15) is 25.1 Å². The summed E-state index contributed by atoms with van der Waals surface area (Å²) in [6.45, 7) is 2.66. The molecule has 1 N–H and O–H groups in total. The number of nitrogens with zero attached hydrogens (tertiary/aromatic N) is 3. The summed E-state index contributed by atoms with van der Waals surface area (Å²) in [5.74, 6) is -1.28. The number of halogens is 4. The lowest BCUT2D eigenvalue weighted by molar-refractivity contribution is -0.144. The molecule has 0 fully saturated rings. The van der Waals surface area contributed by atoms with Gasteiger partial charge in [0.2, 0.25) is 10.0 Å². The van der Waals surface area contributed by atoms with Crippen molar-refractivity contribution in [2.24, 2.45) is 7.05 Å². The van der Waals surface area contributed by atoms with Gasteiger partial charge in [-0.1, -0.05) is 0 Å². The molecule has 0 aliphatic heterocycles. The Morgan fingerprint density at radius 1 is 1.17 bits per heavy atom. The Hall–Kier alpha value is -3.14. The number of rotatable bonds is 4. The molecule has 2 rings (SSSR count). The van der Waals surface area contributed by atoms with E-state index in [1.807, 2.05) is 4.72 Å². The van der Waals surface area contributed by atoms with E-state index in [1.165, 1.54) is 13.8 Å². The summed E-state index contributed by atoms with van der Waals surface area (Å²) < 4.78 is 79.7. The van der Waals surface area contributed by atoms with Gasteiger partial charge in [-0.3, -0.25) is 14.1 Å². The van der Waals surface area contributed by atoms with Crippen LogP contribution in [0.5, 0.6) is 0 Å². The Balaban J connectivity index is 2.83. The summed E-state index contributed by atoms with van der Waals surface area (Å²) >= 11 is 0. The van der Waals surface area contributed by atoms with Gasteiger partial charge in [-0.2, -0.15) is 18.4 Å². The zero-order valence-corrected chi connectivity index (χ0v) is 16.0. The number of hydrogen-bond donors (Lipinski definition) is 1. The molecule has 156 valence electrons. The highest BCUT2D eigenvalue weighted by Gasteiger charge is 2.35. The molecule has 0 radical (unpaired) electrons. The topological polar surface area (TPSA) is 114 Å². The van der Waals surface area contributed by atoms with E-state index in [4.69, 9.17) is 5.26 Å². The molecular weight excluding hydrogens is 420 g/mol. The largest absolute Gasteiger partial charge is 0.431 e. The normalized spacial score (nSPS) is 12.1. The van der Waals surface area contributed by atoms with Gasteiger partial charge >= 0.3 is 11.9 Å². The molecule has 0 aliphatic rings. The zero-order valence-electron chi connectivity index (χ0n) is 15.2. The summed E-state index contributed by atoms with van der Waals surface area (Å²) in [5, 5.41) is 8.17. The van der Waals surface area contributed by atoms with Crippen molar-refractivity contribution < 1.29 is 26.0 Å². The number of nitriles is 1. The molecule has 2 aromatic rings. The van der Waals surface area contributed by atoms with Crippen molar-refractivity contribution in [3.05, 3.63) is 56.1 Å². The van der Waals surface area contributed by atoms with E-state index in [9.17, 15) is 35.6 Å². The third kappa shape index (κ3) is 4.16. The Morgan fingerprint density at radius 2 is 1.76 bits per heavy atom. The second-order valence-electron chi connectivity index (χ2n) is 6.20. The van der Waals surface area contributed by atoms with Crippen molar-refractivity contribution in [3.63, 3.8) is 0 Å². The van der Waals surface area contributed by atoms with E-state index in [1.54, 1.807) is 6.07 Å². The Labute approximate surface area is 161 Å². The predicted octanol–water partition coefficient (Wildman–Crippen LogP) is 1.72. The van der Waals surface area contributed by atoms with Gasteiger partial charge in [0, 0.05) is 13.1 Å². The number of hydrogen-bond acceptors (Lipinski definition) is 5. The first-order valence-corrected chi connectivity index (χ1v) is 9.41. The van der Waals surface area contributed by atoms with Crippen molar-refractivity contribution in [2.75, 3.05) is 4.72 Å². The van der Waals surface area contributed by atoms with Crippen LogP contribution in [0.2, 0.25) is 0 Å². The molecule has 8 nitrogen and oxygen atoms in total. The third-order valence-corrected chi connectivity index (χ3v) is 5.68. The van der Waals surface area contributed by atoms with Crippen LogP contribution in [-0.2, 0) is 23.2 Å². The number of aromatic nitrogens is 2. The number of nitrogens with one attached hydrogen (secondary N) is 1. The zero-order chi connectivity index (χ0) is 22.3. The highest BCUT2D eigenvalue weighted by molar-refractivity contribution is 7.93. The van der Waals surface area contributed by atoms with Gasteiger partial charge in [0.05, 0.1) is 22.2 Å². The fraction of sp³-hybridized carbons (Fsp3) is 0.312. The van der Waals surface area contributed by atoms with E-state index in [-0.39, 0.29) is 15.2 Å². The first-order chi connectivity index (χ1) is 13.2. The molecule has 0 unspecified atom stereocenters. The predicted molar refractivity (Wildman–Crippen MR) is 94.6 cm³/mol. The SMILES string of the molecule is CC(C)S(=O)(=O)Nc1cc(-n2c(=O)cc(C(F)(F)F)n(C)c2=O)c(F)cc1C#N. The van der Waals surface area contributed by atoms with Crippen LogP contribution in [0.3, 0.4) is 0 Å². The van der Waals surface area contributed by atoms with E-state index in [0.717, 1.165) is 7.05 Å². The van der Waals surface area contributed by atoms with Gasteiger partial charge in [0.25, 0.3) is 5.56 Å². The first kappa shape index (κ1) is 22.2. The number of sulfonamides is 1. The summed E-state index contributed by atoms with van der Waals surface area (Å²) in [7, 11) is -3.25. The highest BCUT2D eigenvalue weighted by Crippen LogP contribution is 2.28. The second-order valence-corrected chi connectivity index (χ2v) is 8.44. The smallest absolute Gasteiger partial charge is 0.292 e. The standard InChI is InChI=1S/C16H14F4N4O4S/c1-8(2)29(27,28)22-11-5-12(10(17)4-9(11)7-21)24-14(25)6-13(16(18,19)20)23(3)15(24)26/h4-6,8,22H,1-3H3. The summed E-state index contributed by atoms with van der Waals surface area (Å²) in [6.07, 6.45) is -5.01. The summed E-state index contributed by atoms with van der Waals surface area (Å²) in [6, 6.07) is 2.93. The van der Waals surface area contributed by atoms with Crippen molar-refractivity contribution in [1.29, 1.82) is 5.26 Å². The number of anilines is 1.